The number of aromatic nitrogens is 1. The largest absolute Gasteiger partial charge is 0.365 e. The monoisotopic (exact) mass is 931 g/mol. The average Bonchev–Trinajstić information content (AvgIpc) is 4.00. The molecule has 0 bridgehead atoms. The van der Waals surface area contributed by atoms with Gasteiger partial charge in [0.15, 0.2) is 0 Å². The van der Waals surface area contributed by atoms with Gasteiger partial charge in [0, 0.05) is 51.4 Å². The molecule has 0 spiro atoms. The summed E-state index contributed by atoms with van der Waals surface area (Å²) < 4.78 is 2.52. The van der Waals surface area contributed by atoms with Crippen LogP contribution < -0.4 is 26.3 Å². The standard InChI is InChI=1S/C65H53N7/c1-3-20-44(21-4-1)61-52-29-9-13-33-56(52)66-63(67-61)47-25-18-27-50(41-47)71-57-34-14-10-30-53(57)60-54-31-11-15-35-58(54)72(62(60)55-32-12-16-36-59(55)71)49-39-37-46(38-40-49)65-68-64(45-22-5-2-6-23-45)69-70(65)42-48-26-17-24-43-19-7-8-28-51(43)48/h1-15,17-35,37-41,56,63-69H,16,36,42H2. The van der Waals surface area contributed by atoms with Gasteiger partial charge in [-0.1, -0.05) is 200 Å². The zero-order valence-corrected chi connectivity index (χ0v) is 39.8. The van der Waals surface area contributed by atoms with Crippen LogP contribution in [0.2, 0.25) is 0 Å². The molecule has 0 amide bonds. The van der Waals surface area contributed by atoms with Crippen LogP contribution in [0.3, 0.4) is 0 Å². The van der Waals surface area contributed by atoms with Crippen molar-refractivity contribution in [2.45, 2.75) is 43.9 Å². The van der Waals surface area contributed by atoms with Crippen LogP contribution in [0.4, 0.5) is 11.4 Å². The molecule has 1 saturated heterocycles. The summed E-state index contributed by atoms with van der Waals surface area (Å²) >= 11 is 0. The van der Waals surface area contributed by atoms with Gasteiger partial charge in [-0.3, -0.25) is 10.6 Å². The lowest BCUT2D eigenvalue weighted by Gasteiger charge is -2.37. The Balaban J connectivity index is 0.870. The van der Waals surface area contributed by atoms with E-state index in [1.165, 1.54) is 88.8 Å². The van der Waals surface area contributed by atoms with Crippen molar-refractivity contribution in [3.8, 4) is 16.8 Å². The van der Waals surface area contributed by atoms with Gasteiger partial charge in [-0.05, 0) is 93.4 Å². The first-order valence-corrected chi connectivity index (χ1v) is 25.3. The normalized spacial score (nSPS) is 20.3. The van der Waals surface area contributed by atoms with Gasteiger partial charge in [-0.15, -0.1) is 0 Å². The highest BCUT2D eigenvalue weighted by Crippen LogP contribution is 2.52. The molecule has 7 nitrogen and oxygen atoms in total. The van der Waals surface area contributed by atoms with Crippen molar-refractivity contribution in [1.29, 1.82) is 0 Å². The molecule has 5 aliphatic rings. The minimum absolute atomic E-state index is 0.0414. The summed E-state index contributed by atoms with van der Waals surface area (Å²) in [6.45, 7) is 0.734. The molecule has 4 N–H and O–H groups in total. The molecule has 2 aliphatic carbocycles. The molecule has 4 unspecified atom stereocenters. The van der Waals surface area contributed by atoms with Crippen molar-refractivity contribution in [2.75, 3.05) is 4.90 Å². The van der Waals surface area contributed by atoms with E-state index in [-0.39, 0.29) is 24.5 Å². The van der Waals surface area contributed by atoms with Crippen molar-refractivity contribution in [2.24, 2.45) is 0 Å². The predicted octanol–water partition coefficient (Wildman–Crippen LogP) is 14.1. The van der Waals surface area contributed by atoms with Gasteiger partial charge in [0.05, 0.1) is 29.1 Å². The summed E-state index contributed by atoms with van der Waals surface area (Å²) in [4.78, 5) is 2.55. The Labute approximate surface area is 420 Å². The summed E-state index contributed by atoms with van der Waals surface area (Å²) in [7, 11) is 0. The van der Waals surface area contributed by atoms with Gasteiger partial charge in [-0.2, -0.15) is 0 Å². The molecule has 0 radical (unpaired) electrons. The number of nitrogens with one attached hydrogen (secondary N) is 4. The molecule has 14 rings (SSSR count). The van der Waals surface area contributed by atoms with Crippen molar-refractivity contribution in [3.63, 3.8) is 0 Å². The Bertz CT molecular complexity index is 3710. The molecular weight excluding hydrogens is 879 g/mol. The summed E-state index contributed by atoms with van der Waals surface area (Å²) in [5.74, 6) is 0. The number of hydrazine groups is 1. The van der Waals surface area contributed by atoms with Crippen molar-refractivity contribution >= 4 is 44.3 Å². The fraction of sp³-hybridized carbons (Fsp3) is 0.108. The van der Waals surface area contributed by atoms with Gasteiger partial charge in [0.2, 0.25) is 0 Å². The molecule has 1 fully saturated rings. The van der Waals surface area contributed by atoms with Crippen LogP contribution in [0, 0.1) is 0 Å². The summed E-state index contributed by atoms with van der Waals surface area (Å²) in [5, 5.41) is 18.0. The number of hydrogen-bond donors (Lipinski definition) is 4. The van der Waals surface area contributed by atoms with Crippen LogP contribution in [-0.4, -0.2) is 15.6 Å². The quantitative estimate of drug-likeness (QED) is 0.122. The lowest BCUT2D eigenvalue weighted by atomic mass is 9.92. The Morgan fingerprint density at radius 2 is 1.32 bits per heavy atom. The third kappa shape index (κ3) is 7.28. The van der Waals surface area contributed by atoms with Crippen LogP contribution in [0.15, 0.2) is 248 Å². The molecular formula is C65H53N7. The van der Waals surface area contributed by atoms with Crippen molar-refractivity contribution in [3.05, 3.63) is 281 Å². The van der Waals surface area contributed by atoms with Gasteiger partial charge in [-0.25, -0.2) is 10.4 Å². The van der Waals surface area contributed by atoms with Crippen LogP contribution in [0.5, 0.6) is 0 Å². The summed E-state index contributed by atoms with van der Waals surface area (Å²) in [6, 6.07) is 73.3. The van der Waals surface area contributed by atoms with E-state index in [1.807, 2.05) is 0 Å². The molecule has 4 heterocycles. The van der Waals surface area contributed by atoms with Crippen LogP contribution in [0.25, 0.3) is 49.8 Å². The second kappa shape index (κ2) is 17.8. The van der Waals surface area contributed by atoms with Crippen LogP contribution >= 0.6 is 0 Å². The third-order valence-electron chi connectivity index (χ3n) is 15.2. The number of anilines is 2. The first-order chi connectivity index (χ1) is 35.7. The molecule has 4 atom stereocenters. The zero-order valence-electron chi connectivity index (χ0n) is 39.8. The van der Waals surface area contributed by atoms with E-state index in [1.54, 1.807) is 0 Å². The first kappa shape index (κ1) is 42.6. The van der Waals surface area contributed by atoms with E-state index in [2.05, 4.69) is 272 Å². The third-order valence-corrected chi connectivity index (χ3v) is 15.2. The second-order valence-electron chi connectivity index (χ2n) is 19.4. The maximum Gasteiger partial charge on any atom is 0.104 e. The maximum absolute atomic E-state index is 3.97. The highest BCUT2D eigenvalue weighted by molar-refractivity contribution is 6.10. The van der Waals surface area contributed by atoms with E-state index >= 15 is 0 Å². The number of allylic oxidation sites excluding steroid dienone is 6. The zero-order chi connectivity index (χ0) is 47.5. The SMILES string of the molecule is C1=CC2=C(c3ccccc3)NC(c3cccc(N4C5=C(C=CCC5)c5c(c6ccccc6n5-c5ccc(C6NC(c7ccccc7)NN6Cc6cccc7ccccc67)cc5)-c5ccccc54)c3)NC2C=C1. The Morgan fingerprint density at radius 3 is 2.21 bits per heavy atom. The van der Waals surface area contributed by atoms with E-state index in [9.17, 15) is 0 Å². The molecule has 8 aromatic carbocycles. The number of benzene rings is 8. The highest BCUT2D eigenvalue weighted by Gasteiger charge is 2.36. The lowest BCUT2D eigenvalue weighted by Crippen LogP contribution is -2.45. The maximum atomic E-state index is 3.97. The average molecular weight is 932 g/mol. The van der Waals surface area contributed by atoms with Gasteiger partial charge < -0.3 is 14.8 Å². The van der Waals surface area contributed by atoms with Crippen LogP contribution in [0.1, 0.15) is 64.9 Å². The van der Waals surface area contributed by atoms with Gasteiger partial charge in [0.25, 0.3) is 0 Å². The Kier molecular flexibility index (Phi) is 10.5. The minimum atomic E-state index is -0.106. The van der Waals surface area contributed by atoms with Crippen molar-refractivity contribution < 1.29 is 0 Å². The molecule has 1 aromatic heterocycles. The van der Waals surface area contributed by atoms with Crippen LogP contribution in [-0.2, 0) is 6.54 Å². The summed E-state index contributed by atoms with van der Waals surface area (Å²) in [5.41, 5.74) is 23.2. The molecule has 0 saturated carbocycles. The van der Waals surface area contributed by atoms with Gasteiger partial charge in [0.1, 0.15) is 12.3 Å². The fourth-order valence-corrected chi connectivity index (χ4v) is 11.9. The fourth-order valence-electron chi connectivity index (χ4n) is 11.9. The number of fused-ring (bicyclic) bond motifs is 8. The molecule has 348 valence electrons. The molecule has 3 aliphatic heterocycles. The molecule has 7 heteroatoms. The topological polar surface area (TPSA) is 59.5 Å². The van der Waals surface area contributed by atoms with E-state index in [4.69, 9.17) is 0 Å². The van der Waals surface area contributed by atoms with Gasteiger partial charge >= 0.3 is 0 Å². The second-order valence-corrected chi connectivity index (χ2v) is 19.4. The minimum Gasteiger partial charge on any atom is -0.365 e. The number of para-hydroxylation sites is 2. The number of rotatable bonds is 8. The lowest BCUT2D eigenvalue weighted by molar-refractivity contribution is 0.166. The number of hydrogen-bond acceptors (Lipinski definition) is 6. The highest BCUT2D eigenvalue weighted by atomic mass is 15.6. The molecule has 72 heavy (non-hydrogen) atoms. The Morgan fingerprint density at radius 1 is 0.569 bits per heavy atom. The predicted molar refractivity (Wildman–Crippen MR) is 295 cm³/mol. The first-order valence-electron chi connectivity index (χ1n) is 25.3. The van der Waals surface area contributed by atoms with E-state index in [0.717, 1.165) is 36.5 Å². The number of nitrogens with zero attached hydrogens (tertiary/aromatic N) is 3. The van der Waals surface area contributed by atoms with E-state index in [0.29, 0.717) is 0 Å². The summed E-state index contributed by atoms with van der Waals surface area (Å²) in [6.07, 6.45) is 15.2. The van der Waals surface area contributed by atoms with E-state index < -0.39 is 0 Å². The van der Waals surface area contributed by atoms with Crippen molar-refractivity contribution in [1.82, 2.24) is 31.0 Å². The Hall–Kier alpha value is -8.30. The smallest absolute Gasteiger partial charge is 0.104 e. The molecule has 9 aromatic rings.